The van der Waals surface area contributed by atoms with Gasteiger partial charge >= 0.3 is 0 Å². The minimum Gasteiger partial charge on any atom is -0.260 e. The van der Waals surface area contributed by atoms with Gasteiger partial charge in [-0.1, -0.05) is 485 Å². The van der Waals surface area contributed by atoms with Crippen LogP contribution in [0, 0.1) is 33.5 Å². The summed E-state index contributed by atoms with van der Waals surface area (Å²) in [6.45, 7) is 107. The lowest BCUT2D eigenvalue weighted by Crippen LogP contribution is -2.18. The standard InChI is InChI=1S/C16H24.C16H22.C14H22.C13H21N.C13H22.C12H20N2.C12H20S.C11H19NS.8CH4/c2*1-15(2,3)12-11-13-7-9-14(10-8-13)16(4,5)6;1-13(2,3)11-7-9-12(10-8-11)14(4,5)6;1-12(2,3)10-7-8-11(14-9-10)13(4,5)6;1-12(2,3)10-7-8-11(9-10)13(4,5)6;1-11(2,3)9-7-14-10(8-13-9)12(4,5)6;1-11(2,3)9-7-8-10(13-9)12(4,5)6;1-10(2,3)8-7-12-9(13-8)11(4,5)6;;;;;;;;/h7-12H,1-6H3;7-10H,1-6H3;7-10H,1-6H3;7-9H,1-6H3;7-8H,9H2,1-6H3;7-8H,1-6H3;7-8H,1-6H3;7H,1-6H3;8*1H4/b12-11+;;;;;;;;;;;;;;;. The number of aromatic nitrogens is 4. The van der Waals surface area contributed by atoms with E-state index in [-0.39, 0.29) is 124 Å². The van der Waals surface area contributed by atoms with Crippen LogP contribution in [-0.4, -0.2) is 19.9 Å². The molecule has 0 bridgehead atoms. The maximum atomic E-state index is 4.52. The van der Waals surface area contributed by atoms with E-state index in [0.29, 0.717) is 21.7 Å². The zero-order valence-electron chi connectivity index (χ0n) is 82.2. The number of thiophene rings is 1. The molecule has 0 atom stereocenters. The highest BCUT2D eigenvalue weighted by Gasteiger charge is 2.29. The van der Waals surface area contributed by atoms with Gasteiger partial charge in [-0.2, -0.15) is 0 Å². The van der Waals surface area contributed by atoms with Crippen LogP contribution in [0.25, 0.3) is 6.08 Å². The van der Waals surface area contributed by atoms with E-state index in [2.05, 4.69) is 485 Å². The normalized spacial score (nSPS) is 12.7. The first-order chi connectivity index (χ1) is 50.1. The molecule has 694 valence electrons. The van der Waals surface area contributed by atoms with E-state index in [1.807, 2.05) is 47.5 Å². The molecule has 0 amide bonds. The molecule has 121 heavy (non-hydrogen) atoms. The van der Waals surface area contributed by atoms with Gasteiger partial charge in [0.2, 0.25) is 0 Å². The molecule has 3 aromatic carbocycles. The molecule has 0 spiro atoms. The fourth-order valence-electron chi connectivity index (χ4n) is 10.3. The monoisotopic (exact) mass is 1700 g/mol. The molecule has 4 nitrogen and oxygen atoms in total. The molecular formula is C115H202N4S2. The molecule has 1 aliphatic rings. The lowest BCUT2D eigenvalue weighted by Gasteiger charge is -2.25. The second-order valence-corrected chi connectivity index (χ2v) is 50.1. The van der Waals surface area contributed by atoms with Gasteiger partial charge in [-0.3, -0.25) is 15.0 Å². The molecule has 0 N–H and O–H groups in total. The van der Waals surface area contributed by atoms with Crippen molar-refractivity contribution in [1.82, 2.24) is 19.9 Å². The van der Waals surface area contributed by atoms with E-state index < -0.39 is 0 Å². The summed E-state index contributed by atoms with van der Waals surface area (Å²) in [6.07, 6.45) is 18.0. The zero-order valence-corrected chi connectivity index (χ0v) is 83.8. The fraction of sp³-hybridized carbons (Fsp3) is 0.635. The highest BCUT2D eigenvalue weighted by Crippen LogP contribution is 2.42. The Morgan fingerprint density at radius 3 is 0.752 bits per heavy atom. The number of pyridine rings is 1. The van der Waals surface area contributed by atoms with Crippen LogP contribution in [0.4, 0.5) is 0 Å². The van der Waals surface area contributed by atoms with E-state index in [0.717, 1.165) is 22.6 Å². The van der Waals surface area contributed by atoms with Crippen molar-refractivity contribution in [3.8, 4) is 11.8 Å². The van der Waals surface area contributed by atoms with Crippen molar-refractivity contribution >= 4 is 28.7 Å². The SMILES string of the molecule is C.C.C.C.C.C.C.C.CC(C)(C)/C=C/c1ccc(C(C)(C)C)cc1.CC(C)(C)C#Cc1ccc(C(C)(C)C)cc1.CC(C)(C)C1=CC=C(C(C)(C)C)C1.CC(C)(C)c1ccc(C(C)(C)C)cc1.CC(C)(C)c1ccc(C(C)(C)C)nc1.CC(C)(C)c1ccc(C(C)(C)C)s1.CC(C)(C)c1cnc(C(C)(C)C)cn1.CC(C)(C)c1cnc(C(C)(C)C)s1. The maximum absolute atomic E-state index is 4.52. The van der Waals surface area contributed by atoms with Crippen LogP contribution in [0.15, 0.2) is 151 Å². The van der Waals surface area contributed by atoms with Gasteiger partial charge in [0.15, 0.2) is 0 Å². The maximum Gasteiger partial charge on any atom is 0.0981 e. The Morgan fingerprint density at radius 1 is 0.256 bits per heavy atom. The largest absolute Gasteiger partial charge is 0.260 e. The number of hydrogen-bond acceptors (Lipinski definition) is 6. The summed E-state index contributed by atoms with van der Waals surface area (Å²) in [5.74, 6) is 6.46. The number of rotatable bonds is 1. The molecule has 0 radical (unpaired) electrons. The summed E-state index contributed by atoms with van der Waals surface area (Å²) in [5.41, 5.74) is 19.1. The van der Waals surface area contributed by atoms with Gasteiger partial charge in [-0.15, -0.1) is 22.7 Å². The van der Waals surface area contributed by atoms with Crippen LogP contribution >= 0.6 is 22.7 Å². The minimum atomic E-state index is 0. The van der Waals surface area contributed by atoms with Crippen LogP contribution in [0.3, 0.4) is 0 Å². The lowest BCUT2D eigenvalue weighted by molar-refractivity contribution is 0.458. The van der Waals surface area contributed by atoms with Gasteiger partial charge in [0, 0.05) is 77.8 Å². The first kappa shape index (κ1) is 131. The minimum absolute atomic E-state index is 0. The molecule has 4 heterocycles. The number of allylic oxidation sites excluding steroid dienone is 5. The second kappa shape index (κ2) is 49.8. The van der Waals surface area contributed by atoms with Gasteiger partial charge in [0.25, 0.3) is 0 Å². The fourth-order valence-corrected chi connectivity index (χ4v) is 12.4. The number of nitrogens with zero attached hydrogens (tertiary/aromatic N) is 4. The van der Waals surface area contributed by atoms with Crippen LogP contribution < -0.4 is 0 Å². The molecule has 0 saturated carbocycles. The van der Waals surface area contributed by atoms with Crippen molar-refractivity contribution < 1.29 is 0 Å². The van der Waals surface area contributed by atoms with E-state index in [4.69, 9.17) is 0 Å². The van der Waals surface area contributed by atoms with Crippen molar-refractivity contribution in [2.45, 2.75) is 463 Å². The predicted molar refractivity (Wildman–Crippen MR) is 565 cm³/mol. The molecule has 8 rings (SSSR count). The van der Waals surface area contributed by atoms with E-state index in [1.54, 1.807) is 11.1 Å². The molecule has 0 aliphatic heterocycles. The third kappa shape index (κ3) is 51.3. The van der Waals surface area contributed by atoms with Gasteiger partial charge in [0.1, 0.15) is 0 Å². The molecule has 4 aromatic heterocycles. The highest BCUT2D eigenvalue weighted by atomic mass is 32.1. The van der Waals surface area contributed by atoms with Crippen LogP contribution in [0.2, 0.25) is 0 Å². The number of hydrogen-bond donors (Lipinski definition) is 0. The Labute approximate surface area is 767 Å². The molecule has 6 heteroatoms. The Morgan fingerprint density at radius 2 is 0.545 bits per heavy atom. The van der Waals surface area contributed by atoms with Crippen LogP contribution in [0.1, 0.15) is 474 Å². The van der Waals surface area contributed by atoms with E-state index >= 15 is 0 Å². The molecule has 0 unspecified atom stereocenters. The first-order valence-corrected chi connectivity index (χ1v) is 43.6. The topological polar surface area (TPSA) is 51.6 Å². The zero-order chi connectivity index (χ0) is 88.6. The Kier molecular flexibility index (Phi) is 53.7. The second-order valence-electron chi connectivity index (χ2n) is 47.9. The lowest BCUT2D eigenvalue weighted by atomic mass is 9.80. The summed E-state index contributed by atoms with van der Waals surface area (Å²) in [6, 6.07) is 35.3. The van der Waals surface area contributed by atoms with Crippen LogP contribution in [-0.2, 0) is 65.0 Å². The first-order valence-electron chi connectivity index (χ1n) is 42.0. The summed E-state index contributed by atoms with van der Waals surface area (Å²) < 4.78 is 0. The van der Waals surface area contributed by atoms with Gasteiger partial charge in [0.05, 0.1) is 16.4 Å². The van der Waals surface area contributed by atoms with Crippen LogP contribution in [0.5, 0.6) is 0 Å². The van der Waals surface area contributed by atoms with Crippen molar-refractivity contribution in [1.29, 1.82) is 0 Å². The van der Waals surface area contributed by atoms with E-state index in [1.165, 1.54) is 59.4 Å². The summed E-state index contributed by atoms with van der Waals surface area (Å²) >= 11 is 3.78. The average Bonchev–Trinajstić information content (AvgIpc) is 1.65. The Hall–Kier alpha value is -6.00. The summed E-state index contributed by atoms with van der Waals surface area (Å²) in [4.78, 5) is 22.2. The Balaban J connectivity index is -0.000000199. The highest BCUT2D eigenvalue weighted by molar-refractivity contribution is 7.12. The van der Waals surface area contributed by atoms with Gasteiger partial charge < -0.3 is 0 Å². The third-order valence-corrected chi connectivity index (χ3v) is 22.6. The van der Waals surface area contributed by atoms with Crippen molar-refractivity contribution in [2.24, 2.45) is 21.7 Å². The molecule has 0 saturated heterocycles. The van der Waals surface area contributed by atoms with Crippen molar-refractivity contribution in [3.63, 3.8) is 0 Å². The predicted octanol–water partition coefficient (Wildman–Crippen LogP) is 38.0. The molecular weight excluding hydrogens is 1500 g/mol. The molecule has 7 aromatic rings. The summed E-state index contributed by atoms with van der Waals surface area (Å²) in [7, 11) is 0. The van der Waals surface area contributed by atoms with Crippen molar-refractivity contribution in [3.05, 3.63) is 227 Å². The number of thiazole rings is 1. The smallest absolute Gasteiger partial charge is 0.0981 e. The quantitative estimate of drug-likeness (QED) is 0.154. The summed E-state index contributed by atoms with van der Waals surface area (Å²) in [5, 5.41) is 1.23. The molecule has 0 fully saturated rings. The van der Waals surface area contributed by atoms with Gasteiger partial charge in [-0.05, 0) is 150 Å². The Bertz CT molecular complexity index is 3690. The molecule has 1 aliphatic carbocycles. The van der Waals surface area contributed by atoms with Gasteiger partial charge in [-0.25, -0.2) is 4.98 Å². The third-order valence-electron chi connectivity index (χ3n) is 18.9. The average molecular weight is 1710 g/mol. The number of benzene rings is 3. The van der Waals surface area contributed by atoms with Crippen molar-refractivity contribution in [2.75, 3.05) is 0 Å². The van der Waals surface area contributed by atoms with E-state index in [9.17, 15) is 0 Å².